The number of nitriles is 1. The van der Waals surface area contributed by atoms with Gasteiger partial charge in [0.25, 0.3) is 0 Å². The number of hydrogen-bond donors (Lipinski definition) is 0. The second-order valence-electron chi connectivity index (χ2n) is 6.54. The first-order chi connectivity index (χ1) is 13.4. The van der Waals surface area contributed by atoms with Gasteiger partial charge in [-0.15, -0.1) is 0 Å². The minimum atomic E-state index is -0.447. The molecule has 0 aliphatic carbocycles. The Morgan fingerprint density at radius 2 is 0.778 bits per heavy atom. The Hall–Kier alpha value is -3.63. The molecule has 0 bridgehead atoms. The summed E-state index contributed by atoms with van der Waals surface area (Å²) in [7, 11) is 0. The molecule has 27 heavy (non-hydrogen) atoms. The van der Waals surface area contributed by atoms with E-state index in [0.717, 1.165) is 5.56 Å². The first kappa shape index (κ1) is 16.8. The topological polar surface area (TPSA) is 23.8 Å². The average molecular weight is 345 g/mol. The fourth-order valence-corrected chi connectivity index (χ4v) is 3.86. The molecule has 0 unspecified atom stereocenters. The number of hydrogen-bond acceptors (Lipinski definition) is 1. The largest absolute Gasteiger partial charge is 0.192 e. The van der Waals surface area contributed by atoms with Crippen LogP contribution in [0.4, 0.5) is 0 Å². The van der Waals surface area contributed by atoms with E-state index in [2.05, 4.69) is 91.0 Å². The van der Waals surface area contributed by atoms with Crippen LogP contribution in [0.2, 0.25) is 0 Å². The minimum absolute atomic E-state index is 0.447. The van der Waals surface area contributed by atoms with E-state index in [1.807, 2.05) is 30.3 Å². The second kappa shape index (κ2) is 7.32. The monoisotopic (exact) mass is 345 g/mol. The molecule has 0 aliphatic rings. The summed E-state index contributed by atoms with van der Waals surface area (Å²) in [4.78, 5) is 0. The summed E-state index contributed by atoms with van der Waals surface area (Å²) in [6.07, 6.45) is 0. The zero-order valence-electron chi connectivity index (χ0n) is 14.9. The molecule has 0 heterocycles. The van der Waals surface area contributed by atoms with Crippen molar-refractivity contribution in [1.82, 2.24) is 0 Å². The molecule has 0 saturated carbocycles. The maximum atomic E-state index is 9.23. The molecule has 1 heteroatoms. The highest BCUT2D eigenvalue weighted by Gasteiger charge is 2.37. The second-order valence-corrected chi connectivity index (χ2v) is 6.54. The Morgan fingerprint density at radius 3 is 1.11 bits per heavy atom. The van der Waals surface area contributed by atoms with Gasteiger partial charge < -0.3 is 0 Å². The maximum absolute atomic E-state index is 9.23. The third kappa shape index (κ3) is 2.92. The quantitative estimate of drug-likeness (QED) is 0.420. The van der Waals surface area contributed by atoms with Crippen molar-refractivity contribution in [1.29, 1.82) is 5.26 Å². The van der Waals surface area contributed by atoms with Gasteiger partial charge in [0.1, 0.15) is 0 Å². The van der Waals surface area contributed by atoms with Crippen LogP contribution in [0.3, 0.4) is 0 Å². The van der Waals surface area contributed by atoms with Crippen molar-refractivity contribution < 1.29 is 0 Å². The molecule has 0 amide bonds. The van der Waals surface area contributed by atoms with Crippen LogP contribution in [0.5, 0.6) is 0 Å². The summed E-state index contributed by atoms with van der Waals surface area (Å²) in [5, 5.41) is 9.23. The summed E-state index contributed by atoms with van der Waals surface area (Å²) in [6, 6.07) is 41.9. The van der Waals surface area contributed by atoms with Gasteiger partial charge in [0.05, 0.1) is 17.0 Å². The molecule has 4 rings (SSSR count). The lowest BCUT2D eigenvalue weighted by Crippen LogP contribution is -2.30. The van der Waals surface area contributed by atoms with Crippen LogP contribution in [0, 0.1) is 11.3 Å². The van der Waals surface area contributed by atoms with Crippen LogP contribution in [-0.4, -0.2) is 0 Å². The Morgan fingerprint density at radius 1 is 0.444 bits per heavy atom. The van der Waals surface area contributed by atoms with Crippen LogP contribution >= 0.6 is 0 Å². The minimum Gasteiger partial charge on any atom is -0.192 e. The van der Waals surface area contributed by atoms with Crippen LogP contribution in [0.1, 0.15) is 27.8 Å². The van der Waals surface area contributed by atoms with E-state index in [1.165, 1.54) is 16.7 Å². The zero-order valence-corrected chi connectivity index (χ0v) is 14.9. The predicted octanol–water partition coefficient (Wildman–Crippen LogP) is 5.94. The smallest absolute Gasteiger partial charge is 0.0991 e. The molecule has 4 aromatic rings. The lowest BCUT2D eigenvalue weighted by Gasteiger charge is -2.36. The van der Waals surface area contributed by atoms with Crippen molar-refractivity contribution in [3.63, 3.8) is 0 Å². The molecule has 0 N–H and O–H groups in total. The molecule has 4 aromatic carbocycles. The summed E-state index contributed by atoms with van der Waals surface area (Å²) >= 11 is 0. The Labute approximate surface area is 160 Å². The van der Waals surface area contributed by atoms with E-state index in [1.54, 1.807) is 0 Å². The normalized spacial score (nSPS) is 10.9. The lowest BCUT2D eigenvalue weighted by atomic mass is 9.65. The molecule has 0 atom stereocenters. The SMILES string of the molecule is N#Cc1ccc(C(c2ccccc2)(c2ccccc2)c2ccccc2)cc1. The highest BCUT2D eigenvalue weighted by molar-refractivity contribution is 5.60. The lowest BCUT2D eigenvalue weighted by molar-refractivity contribution is 0.745. The van der Waals surface area contributed by atoms with Crippen LogP contribution < -0.4 is 0 Å². The van der Waals surface area contributed by atoms with Crippen molar-refractivity contribution in [3.05, 3.63) is 143 Å². The molecule has 0 fully saturated rings. The highest BCUT2D eigenvalue weighted by Crippen LogP contribution is 2.44. The van der Waals surface area contributed by atoms with E-state index in [9.17, 15) is 5.26 Å². The van der Waals surface area contributed by atoms with Gasteiger partial charge in [-0.2, -0.15) is 5.26 Å². The fraction of sp³-hybridized carbons (Fsp3) is 0.0385. The molecule has 0 aliphatic heterocycles. The van der Waals surface area contributed by atoms with E-state index in [-0.39, 0.29) is 0 Å². The molecule has 1 nitrogen and oxygen atoms in total. The van der Waals surface area contributed by atoms with Crippen molar-refractivity contribution >= 4 is 0 Å². The van der Waals surface area contributed by atoms with Gasteiger partial charge in [-0.05, 0) is 34.4 Å². The molecule has 0 aromatic heterocycles. The van der Waals surface area contributed by atoms with E-state index in [4.69, 9.17) is 0 Å². The van der Waals surface area contributed by atoms with E-state index < -0.39 is 5.41 Å². The first-order valence-corrected chi connectivity index (χ1v) is 9.03. The van der Waals surface area contributed by atoms with Gasteiger partial charge in [0, 0.05) is 0 Å². The molecule has 128 valence electrons. The third-order valence-electron chi connectivity index (χ3n) is 5.07. The van der Waals surface area contributed by atoms with Gasteiger partial charge in [0.15, 0.2) is 0 Å². The molecular weight excluding hydrogens is 326 g/mol. The van der Waals surface area contributed by atoms with Crippen LogP contribution in [0.25, 0.3) is 0 Å². The Bertz CT molecular complexity index is 947. The number of nitrogens with zero attached hydrogens (tertiary/aromatic N) is 1. The highest BCUT2D eigenvalue weighted by atomic mass is 14.4. The van der Waals surface area contributed by atoms with Gasteiger partial charge in [0.2, 0.25) is 0 Å². The fourth-order valence-electron chi connectivity index (χ4n) is 3.86. The molecular formula is C26H19N. The van der Waals surface area contributed by atoms with Gasteiger partial charge >= 0.3 is 0 Å². The van der Waals surface area contributed by atoms with Crippen LogP contribution in [-0.2, 0) is 5.41 Å². The average Bonchev–Trinajstić information content (AvgIpc) is 2.77. The van der Waals surface area contributed by atoms with Crippen molar-refractivity contribution in [2.45, 2.75) is 5.41 Å². The van der Waals surface area contributed by atoms with E-state index >= 15 is 0 Å². The molecule has 0 radical (unpaired) electrons. The zero-order chi connectivity index (χ0) is 18.5. The molecule has 0 saturated heterocycles. The Kier molecular flexibility index (Phi) is 4.56. The van der Waals surface area contributed by atoms with Crippen LogP contribution in [0.15, 0.2) is 115 Å². The number of rotatable bonds is 4. The van der Waals surface area contributed by atoms with Crippen molar-refractivity contribution in [3.8, 4) is 6.07 Å². The van der Waals surface area contributed by atoms with Gasteiger partial charge in [-0.3, -0.25) is 0 Å². The molecule has 0 spiro atoms. The number of benzene rings is 4. The summed E-state index contributed by atoms with van der Waals surface area (Å²) in [5.74, 6) is 0. The van der Waals surface area contributed by atoms with Crippen molar-refractivity contribution in [2.75, 3.05) is 0 Å². The summed E-state index contributed by atoms with van der Waals surface area (Å²) in [6.45, 7) is 0. The summed E-state index contributed by atoms with van der Waals surface area (Å²) in [5.41, 5.74) is 4.97. The van der Waals surface area contributed by atoms with Crippen molar-refractivity contribution in [2.24, 2.45) is 0 Å². The third-order valence-corrected chi connectivity index (χ3v) is 5.07. The maximum Gasteiger partial charge on any atom is 0.0991 e. The predicted molar refractivity (Wildman–Crippen MR) is 109 cm³/mol. The standard InChI is InChI=1S/C26H19N/c27-20-21-16-18-25(19-17-21)26(22-10-4-1-5-11-22,23-12-6-2-7-13-23)24-14-8-3-9-15-24/h1-19H. The van der Waals surface area contributed by atoms with Gasteiger partial charge in [-0.1, -0.05) is 103 Å². The first-order valence-electron chi connectivity index (χ1n) is 9.03. The summed E-state index contributed by atoms with van der Waals surface area (Å²) < 4.78 is 0. The van der Waals surface area contributed by atoms with E-state index in [0.29, 0.717) is 5.56 Å². The Balaban J connectivity index is 2.11. The van der Waals surface area contributed by atoms with Gasteiger partial charge in [-0.25, -0.2) is 0 Å².